The maximum Gasteiger partial charge on any atom is 0.240 e. The van der Waals surface area contributed by atoms with Gasteiger partial charge in [0.05, 0.1) is 17.2 Å². The Hall–Kier alpha value is -1.69. The van der Waals surface area contributed by atoms with Gasteiger partial charge >= 0.3 is 0 Å². The molecule has 1 aliphatic rings. The minimum Gasteiger partial charge on any atom is -0.273 e. The first-order valence-corrected chi connectivity index (χ1v) is 9.20. The lowest BCUT2D eigenvalue weighted by Gasteiger charge is -2.08. The van der Waals surface area contributed by atoms with Gasteiger partial charge in [-0.05, 0) is 38.7 Å². The molecule has 0 unspecified atom stereocenters. The third-order valence-corrected chi connectivity index (χ3v) is 5.76. The first-order chi connectivity index (χ1) is 10.3. The van der Waals surface area contributed by atoms with E-state index in [0.29, 0.717) is 6.42 Å². The van der Waals surface area contributed by atoms with Gasteiger partial charge in [-0.25, -0.2) is 13.8 Å². The lowest BCUT2D eigenvalue weighted by Crippen LogP contribution is -2.22. The summed E-state index contributed by atoms with van der Waals surface area (Å²) in [5.41, 5.74) is 6.56. The van der Waals surface area contributed by atoms with Gasteiger partial charge in [0.25, 0.3) is 0 Å². The summed E-state index contributed by atoms with van der Waals surface area (Å²) in [6.07, 6.45) is 0.776. The topological polar surface area (TPSA) is 75.6 Å². The molecule has 0 radical (unpaired) electrons. The Balaban J connectivity index is 1.94. The summed E-state index contributed by atoms with van der Waals surface area (Å²) in [4.78, 5) is 11.9. The van der Waals surface area contributed by atoms with E-state index < -0.39 is 9.84 Å². The predicted octanol–water partition coefficient (Wildman–Crippen LogP) is 1.97. The molecule has 1 fully saturated rings. The van der Waals surface area contributed by atoms with E-state index in [4.69, 9.17) is 0 Å². The van der Waals surface area contributed by atoms with Crippen molar-refractivity contribution in [2.24, 2.45) is 11.0 Å². The average Bonchev–Trinajstić information content (AvgIpc) is 2.75. The van der Waals surface area contributed by atoms with Gasteiger partial charge in [0, 0.05) is 12.0 Å². The first-order valence-electron chi connectivity index (χ1n) is 7.38. The second-order valence-corrected chi connectivity index (χ2v) is 8.25. The van der Waals surface area contributed by atoms with Crippen molar-refractivity contribution in [3.63, 3.8) is 0 Å². The molecule has 0 aliphatic carbocycles. The summed E-state index contributed by atoms with van der Waals surface area (Å²) in [6, 6.07) is 6.06. The van der Waals surface area contributed by atoms with Crippen LogP contribution < -0.4 is 5.43 Å². The van der Waals surface area contributed by atoms with Crippen LogP contribution >= 0.6 is 0 Å². The van der Waals surface area contributed by atoms with Gasteiger partial charge in [0.15, 0.2) is 9.84 Å². The Kier molecular flexibility index (Phi) is 5.01. The molecule has 0 aromatic heterocycles. The number of sulfone groups is 1. The van der Waals surface area contributed by atoms with Gasteiger partial charge in [0.2, 0.25) is 5.91 Å². The zero-order valence-corrected chi connectivity index (χ0v) is 14.0. The quantitative estimate of drug-likeness (QED) is 0.680. The molecular weight excluding hydrogens is 300 g/mol. The molecule has 1 atom stereocenters. The summed E-state index contributed by atoms with van der Waals surface area (Å²) in [6.45, 7) is 5.88. The van der Waals surface area contributed by atoms with E-state index in [-0.39, 0.29) is 29.8 Å². The maximum absolute atomic E-state index is 11.9. The van der Waals surface area contributed by atoms with Gasteiger partial charge in [-0.15, -0.1) is 0 Å². The number of rotatable bonds is 4. The number of aryl methyl sites for hydroxylation is 2. The maximum atomic E-state index is 11.9. The van der Waals surface area contributed by atoms with Crippen LogP contribution in [0.1, 0.15) is 36.5 Å². The van der Waals surface area contributed by atoms with Crippen molar-refractivity contribution in [1.29, 1.82) is 0 Å². The lowest BCUT2D eigenvalue weighted by molar-refractivity contribution is -0.121. The van der Waals surface area contributed by atoms with Crippen LogP contribution in [-0.4, -0.2) is 31.5 Å². The molecule has 1 N–H and O–H groups in total. The highest BCUT2D eigenvalue weighted by Crippen LogP contribution is 2.21. The zero-order valence-electron chi connectivity index (χ0n) is 13.2. The molecule has 1 amide bonds. The Labute approximate surface area is 131 Å². The summed E-state index contributed by atoms with van der Waals surface area (Å²) in [5.74, 6) is -0.0106. The van der Waals surface area contributed by atoms with Crippen LogP contribution in [0.2, 0.25) is 0 Å². The Morgan fingerprint density at radius 2 is 2.09 bits per heavy atom. The van der Waals surface area contributed by atoms with Crippen molar-refractivity contribution in [3.8, 4) is 0 Å². The Morgan fingerprint density at radius 1 is 1.36 bits per heavy atom. The molecule has 22 heavy (non-hydrogen) atoms. The summed E-state index contributed by atoms with van der Waals surface area (Å²) in [5, 5.41) is 4.13. The fourth-order valence-corrected chi connectivity index (χ4v) is 4.63. The summed E-state index contributed by atoms with van der Waals surface area (Å²) in [7, 11) is -2.94. The molecular formula is C16H22N2O3S. The van der Waals surface area contributed by atoms with Gasteiger partial charge in [-0.1, -0.05) is 23.8 Å². The molecule has 0 spiro atoms. The van der Waals surface area contributed by atoms with Crippen LogP contribution in [0.3, 0.4) is 0 Å². The Bertz CT molecular complexity index is 708. The van der Waals surface area contributed by atoms with Crippen LogP contribution in [-0.2, 0) is 14.6 Å². The number of nitrogens with one attached hydrogen (secondary N) is 1. The van der Waals surface area contributed by atoms with E-state index in [2.05, 4.69) is 16.6 Å². The highest BCUT2D eigenvalue weighted by atomic mass is 32.2. The van der Waals surface area contributed by atoms with Crippen molar-refractivity contribution in [3.05, 3.63) is 34.9 Å². The third kappa shape index (κ3) is 4.40. The SMILES string of the molecule is C/C(=N/NC(=O)C[C@@H]1CCS(=O)(=O)C1)c1ccc(C)cc1C. The van der Waals surface area contributed by atoms with E-state index in [0.717, 1.165) is 16.8 Å². The fourth-order valence-electron chi connectivity index (χ4n) is 2.77. The molecule has 1 aliphatic heterocycles. The average molecular weight is 322 g/mol. The number of benzene rings is 1. The molecule has 0 saturated carbocycles. The Morgan fingerprint density at radius 3 is 2.68 bits per heavy atom. The largest absolute Gasteiger partial charge is 0.273 e. The van der Waals surface area contributed by atoms with Crippen LogP contribution in [0, 0.1) is 19.8 Å². The molecule has 0 bridgehead atoms. The predicted molar refractivity (Wildman–Crippen MR) is 87.6 cm³/mol. The minimum atomic E-state index is -2.94. The third-order valence-electron chi connectivity index (χ3n) is 3.92. The number of carbonyl (C=O) groups is 1. The molecule has 5 nitrogen and oxygen atoms in total. The van der Waals surface area contributed by atoms with E-state index in [1.807, 2.05) is 32.9 Å². The molecule has 1 heterocycles. The molecule has 1 aromatic carbocycles. The molecule has 120 valence electrons. The van der Waals surface area contributed by atoms with Crippen molar-refractivity contribution in [2.75, 3.05) is 11.5 Å². The minimum absolute atomic E-state index is 0.0818. The van der Waals surface area contributed by atoms with Crippen LogP contribution in [0.5, 0.6) is 0 Å². The van der Waals surface area contributed by atoms with Crippen LogP contribution in [0.15, 0.2) is 23.3 Å². The van der Waals surface area contributed by atoms with E-state index in [9.17, 15) is 13.2 Å². The van der Waals surface area contributed by atoms with E-state index in [1.165, 1.54) is 5.56 Å². The van der Waals surface area contributed by atoms with Gasteiger partial charge in [-0.2, -0.15) is 5.10 Å². The fraction of sp³-hybridized carbons (Fsp3) is 0.500. The number of nitrogens with zero attached hydrogens (tertiary/aromatic N) is 1. The molecule has 2 rings (SSSR count). The lowest BCUT2D eigenvalue weighted by atomic mass is 10.0. The van der Waals surface area contributed by atoms with Crippen LogP contribution in [0.25, 0.3) is 0 Å². The van der Waals surface area contributed by atoms with Gasteiger partial charge in [0.1, 0.15) is 0 Å². The standard InChI is InChI=1S/C16H22N2O3S/c1-11-4-5-15(12(2)8-11)13(3)17-18-16(19)9-14-6-7-22(20,21)10-14/h4-5,8,14H,6-7,9-10H2,1-3H3,(H,18,19)/b17-13-/t14-/m0/s1. The number of hydrogen-bond acceptors (Lipinski definition) is 4. The number of hydrogen-bond donors (Lipinski definition) is 1. The number of amides is 1. The highest BCUT2D eigenvalue weighted by molar-refractivity contribution is 7.91. The van der Waals surface area contributed by atoms with Gasteiger partial charge < -0.3 is 0 Å². The number of carbonyl (C=O) groups excluding carboxylic acids is 1. The molecule has 1 aromatic rings. The molecule has 6 heteroatoms. The first kappa shape index (κ1) is 16.7. The van der Waals surface area contributed by atoms with E-state index >= 15 is 0 Å². The second-order valence-electron chi connectivity index (χ2n) is 6.02. The van der Waals surface area contributed by atoms with Crippen LogP contribution in [0.4, 0.5) is 0 Å². The molecule has 1 saturated heterocycles. The second kappa shape index (κ2) is 6.60. The normalized spacial score (nSPS) is 20.9. The monoisotopic (exact) mass is 322 g/mol. The highest BCUT2D eigenvalue weighted by Gasteiger charge is 2.29. The zero-order chi connectivity index (χ0) is 16.3. The van der Waals surface area contributed by atoms with E-state index in [1.54, 1.807) is 0 Å². The van der Waals surface area contributed by atoms with Gasteiger partial charge in [-0.3, -0.25) is 4.79 Å². The smallest absolute Gasteiger partial charge is 0.240 e. The number of hydrazone groups is 1. The van der Waals surface area contributed by atoms with Crippen molar-refractivity contribution in [1.82, 2.24) is 5.43 Å². The summed E-state index contributed by atoms with van der Waals surface area (Å²) >= 11 is 0. The summed E-state index contributed by atoms with van der Waals surface area (Å²) < 4.78 is 22.8. The van der Waals surface area contributed by atoms with Crippen molar-refractivity contribution >= 4 is 21.5 Å². The van der Waals surface area contributed by atoms with Crippen molar-refractivity contribution in [2.45, 2.75) is 33.6 Å². The van der Waals surface area contributed by atoms with Crippen molar-refractivity contribution < 1.29 is 13.2 Å².